The summed E-state index contributed by atoms with van der Waals surface area (Å²) in [7, 11) is -3.71. The van der Waals surface area contributed by atoms with Crippen LogP contribution >= 0.6 is 11.3 Å². The molecule has 6 nitrogen and oxygen atoms in total. The number of unbranched alkanes of at least 4 members (excludes halogenated alkanes) is 1. The molecule has 0 radical (unpaired) electrons. The fraction of sp³-hybridized carbons (Fsp3) is 0.421. The highest BCUT2D eigenvalue weighted by Gasteiger charge is 2.31. The van der Waals surface area contributed by atoms with Crippen LogP contribution in [-0.4, -0.2) is 34.1 Å². The molecule has 8 heteroatoms. The number of hydrogen-bond acceptors (Lipinski definition) is 6. The SMILES string of the molecule is CCCCC(=O)NC[C@H](c1cccs1)S(=O)(=O)c1ccc2c(c1)OCCO2. The van der Waals surface area contributed by atoms with E-state index in [1.165, 1.54) is 23.5 Å². The Hall–Kier alpha value is -2.06. The maximum atomic E-state index is 13.3. The molecule has 1 atom stereocenters. The molecule has 1 aliphatic rings. The van der Waals surface area contributed by atoms with Crippen molar-refractivity contribution in [3.8, 4) is 11.5 Å². The Morgan fingerprint density at radius 2 is 2.00 bits per heavy atom. The van der Waals surface area contributed by atoms with E-state index in [1.54, 1.807) is 12.1 Å². The molecule has 1 amide bonds. The number of amides is 1. The number of carbonyl (C=O) groups is 1. The van der Waals surface area contributed by atoms with Gasteiger partial charge in [-0.1, -0.05) is 19.4 Å². The van der Waals surface area contributed by atoms with Crippen molar-refractivity contribution in [2.24, 2.45) is 0 Å². The van der Waals surface area contributed by atoms with Crippen LogP contribution in [0.1, 0.15) is 36.3 Å². The first-order valence-electron chi connectivity index (χ1n) is 8.96. The maximum absolute atomic E-state index is 13.3. The third-order valence-corrected chi connectivity index (χ3v) is 7.54. The Kier molecular flexibility index (Phi) is 6.38. The smallest absolute Gasteiger partial charge is 0.220 e. The fourth-order valence-corrected chi connectivity index (χ4v) is 5.63. The number of thiophene rings is 1. The van der Waals surface area contributed by atoms with Crippen LogP contribution in [0.4, 0.5) is 0 Å². The summed E-state index contributed by atoms with van der Waals surface area (Å²) >= 11 is 1.36. The van der Waals surface area contributed by atoms with Gasteiger partial charge in [0.1, 0.15) is 18.5 Å². The normalized spacial score (nSPS) is 14.6. The van der Waals surface area contributed by atoms with Gasteiger partial charge in [-0.15, -0.1) is 11.3 Å². The molecule has 0 bridgehead atoms. The zero-order valence-corrected chi connectivity index (χ0v) is 16.8. The van der Waals surface area contributed by atoms with Gasteiger partial charge >= 0.3 is 0 Å². The predicted octanol–water partition coefficient (Wildman–Crippen LogP) is 3.34. The average Bonchev–Trinajstić information content (AvgIpc) is 3.20. The van der Waals surface area contributed by atoms with Crippen molar-refractivity contribution < 1.29 is 22.7 Å². The van der Waals surface area contributed by atoms with Crippen LogP contribution in [0.3, 0.4) is 0 Å². The van der Waals surface area contributed by atoms with Crippen LogP contribution < -0.4 is 14.8 Å². The summed E-state index contributed by atoms with van der Waals surface area (Å²) in [4.78, 5) is 12.8. The van der Waals surface area contributed by atoms with Crippen LogP contribution in [0.2, 0.25) is 0 Å². The van der Waals surface area contributed by atoms with E-state index in [4.69, 9.17) is 9.47 Å². The molecule has 0 aliphatic carbocycles. The lowest BCUT2D eigenvalue weighted by atomic mass is 10.2. The zero-order valence-electron chi connectivity index (χ0n) is 15.1. The number of rotatable bonds is 8. The standard InChI is InChI=1S/C19H23NO5S2/c1-2-3-6-19(21)20-13-18(17-5-4-11-26-17)27(22,23)14-7-8-15-16(12-14)25-10-9-24-15/h4-5,7-8,11-12,18H,2-3,6,9-10,13H2,1H3,(H,20,21)/t18-/m1/s1. The molecule has 2 heterocycles. The highest BCUT2D eigenvalue weighted by Crippen LogP contribution is 2.37. The second-order valence-corrected chi connectivity index (χ2v) is 9.37. The minimum absolute atomic E-state index is 0.0415. The molecule has 1 aliphatic heterocycles. The Morgan fingerprint density at radius 1 is 1.22 bits per heavy atom. The number of fused-ring (bicyclic) bond motifs is 1. The quantitative estimate of drug-likeness (QED) is 0.723. The van der Waals surface area contributed by atoms with Gasteiger partial charge in [0.2, 0.25) is 5.91 Å². The van der Waals surface area contributed by atoms with Crippen molar-refractivity contribution >= 4 is 27.1 Å². The number of carbonyl (C=O) groups excluding carboxylic acids is 1. The topological polar surface area (TPSA) is 81.7 Å². The van der Waals surface area contributed by atoms with Crippen molar-refractivity contribution in [3.63, 3.8) is 0 Å². The van der Waals surface area contributed by atoms with Gasteiger partial charge in [-0.05, 0) is 30.0 Å². The molecule has 3 rings (SSSR count). The molecule has 2 aromatic rings. The second kappa shape index (κ2) is 8.75. The van der Waals surface area contributed by atoms with Crippen molar-refractivity contribution in [1.82, 2.24) is 5.32 Å². The molecule has 0 saturated carbocycles. The molecule has 1 aromatic carbocycles. The van der Waals surface area contributed by atoms with Crippen LogP contribution in [-0.2, 0) is 14.6 Å². The van der Waals surface area contributed by atoms with Gasteiger partial charge in [-0.2, -0.15) is 0 Å². The van der Waals surface area contributed by atoms with E-state index in [0.29, 0.717) is 36.0 Å². The summed E-state index contributed by atoms with van der Waals surface area (Å²) in [6.07, 6.45) is 2.10. The van der Waals surface area contributed by atoms with Crippen molar-refractivity contribution in [2.45, 2.75) is 36.3 Å². The minimum atomic E-state index is -3.71. The lowest BCUT2D eigenvalue weighted by Crippen LogP contribution is -2.31. The molecule has 1 aromatic heterocycles. The number of ether oxygens (including phenoxy) is 2. The van der Waals surface area contributed by atoms with Crippen LogP contribution in [0.15, 0.2) is 40.6 Å². The molecular weight excluding hydrogens is 386 g/mol. The van der Waals surface area contributed by atoms with E-state index in [9.17, 15) is 13.2 Å². The molecular formula is C19H23NO5S2. The zero-order chi connectivity index (χ0) is 19.3. The number of benzene rings is 1. The summed E-state index contributed by atoms with van der Waals surface area (Å²) in [6.45, 7) is 2.88. The van der Waals surface area contributed by atoms with E-state index >= 15 is 0 Å². The van der Waals surface area contributed by atoms with Gasteiger partial charge in [0.05, 0.1) is 4.90 Å². The summed E-state index contributed by atoms with van der Waals surface area (Å²) < 4.78 is 37.6. The van der Waals surface area contributed by atoms with E-state index in [-0.39, 0.29) is 17.3 Å². The van der Waals surface area contributed by atoms with E-state index in [1.807, 2.05) is 18.4 Å². The largest absolute Gasteiger partial charge is 0.486 e. The lowest BCUT2D eigenvalue weighted by Gasteiger charge is -2.21. The van der Waals surface area contributed by atoms with E-state index in [2.05, 4.69) is 5.32 Å². The van der Waals surface area contributed by atoms with Crippen molar-refractivity contribution in [1.29, 1.82) is 0 Å². The van der Waals surface area contributed by atoms with Gasteiger partial charge in [-0.3, -0.25) is 4.79 Å². The fourth-order valence-electron chi connectivity index (χ4n) is 2.83. The van der Waals surface area contributed by atoms with E-state index < -0.39 is 15.1 Å². The van der Waals surface area contributed by atoms with Crippen molar-refractivity contribution in [2.75, 3.05) is 19.8 Å². The van der Waals surface area contributed by atoms with Crippen molar-refractivity contribution in [3.05, 3.63) is 40.6 Å². The minimum Gasteiger partial charge on any atom is -0.486 e. The van der Waals surface area contributed by atoms with Gasteiger partial charge in [0.15, 0.2) is 21.3 Å². The summed E-state index contributed by atoms with van der Waals surface area (Å²) in [5, 5.41) is 3.77. The Balaban J connectivity index is 1.85. The van der Waals surface area contributed by atoms with Gasteiger partial charge in [-0.25, -0.2) is 8.42 Å². The first-order valence-corrected chi connectivity index (χ1v) is 11.4. The number of nitrogens with one attached hydrogen (secondary N) is 1. The molecule has 27 heavy (non-hydrogen) atoms. The Morgan fingerprint density at radius 3 is 2.70 bits per heavy atom. The van der Waals surface area contributed by atoms with Gasteiger partial charge in [0, 0.05) is 23.9 Å². The third-order valence-electron chi connectivity index (χ3n) is 4.32. The monoisotopic (exact) mass is 409 g/mol. The van der Waals surface area contributed by atoms with Gasteiger partial charge < -0.3 is 14.8 Å². The first kappa shape index (κ1) is 19.7. The molecule has 0 fully saturated rings. The van der Waals surface area contributed by atoms with Gasteiger partial charge in [0.25, 0.3) is 0 Å². The van der Waals surface area contributed by atoms with Crippen LogP contribution in [0.25, 0.3) is 0 Å². The molecule has 146 valence electrons. The summed E-state index contributed by atoms with van der Waals surface area (Å²) in [5.74, 6) is 0.843. The highest BCUT2D eigenvalue weighted by molar-refractivity contribution is 7.91. The summed E-state index contributed by atoms with van der Waals surface area (Å²) in [6, 6.07) is 8.24. The van der Waals surface area contributed by atoms with Crippen LogP contribution in [0, 0.1) is 0 Å². The third kappa shape index (κ3) is 4.62. The molecule has 0 saturated heterocycles. The molecule has 0 unspecified atom stereocenters. The first-order chi connectivity index (χ1) is 13.0. The lowest BCUT2D eigenvalue weighted by molar-refractivity contribution is -0.121. The Bertz CT molecular complexity index is 878. The van der Waals surface area contributed by atoms with E-state index in [0.717, 1.165) is 12.8 Å². The second-order valence-electron chi connectivity index (χ2n) is 6.26. The highest BCUT2D eigenvalue weighted by atomic mass is 32.2. The molecule has 0 spiro atoms. The maximum Gasteiger partial charge on any atom is 0.220 e. The number of hydrogen-bond donors (Lipinski definition) is 1. The molecule has 1 N–H and O–H groups in total. The summed E-state index contributed by atoms with van der Waals surface area (Å²) in [5.41, 5.74) is 0. The van der Waals surface area contributed by atoms with Crippen LogP contribution in [0.5, 0.6) is 11.5 Å². The Labute approximate surface area is 163 Å². The number of sulfone groups is 1. The predicted molar refractivity (Wildman–Crippen MR) is 104 cm³/mol. The average molecular weight is 410 g/mol.